The highest BCUT2D eigenvalue weighted by atomic mass is 19.1. The number of rotatable bonds is 4. The van der Waals surface area contributed by atoms with Crippen molar-refractivity contribution < 1.29 is 18.6 Å². The summed E-state index contributed by atoms with van der Waals surface area (Å²) in [5, 5.41) is 15.5. The number of fused-ring (bicyclic) bond motifs is 4. The van der Waals surface area contributed by atoms with Crippen molar-refractivity contribution in [3.8, 4) is 35.4 Å². The predicted molar refractivity (Wildman–Crippen MR) is 175 cm³/mol. The SMILES string of the molecule is C#Cc1c(F)ccc2cc(O)cc(-c3nc4c5c(nc(OCC67CCCN6CCC7)nc5c3F)N3CCNCC3CCC4)c12.CN. The molecule has 4 aliphatic heterocycles. The van der Waals surface area contributed by atoms with Gasteiger partial charge in [-0.1, -0.05) is 12.0 Å². The number of hydrogen-bond acceptors (Lipinski definition) is 9. The van der Waals surface area contributed by atoms with Gasteiger partial charge in [-0.25, -0.2) is 13.8 Å². The van der Waals surface area contributed by atoms with Gasteiger partial charge >= 0.3 is 6.01 Å². The Morgan fingerprint density at radius 1 is 1.09 bits per heavy atom. The number of nitrogens with zero attached hydrogens (tertiary/aromatic N) is 5. The Morgan fingerprint density at radius 2 is 1.89 bits per heavy atom. The van der Waals surface area contributed by atoms with E-state index in [0.29, 0.717) is 40.7 Å². The lowest BCUT2D eigenvalue weighted by molar-refractivity contribution is 0.108. The zero-order valence-electron chi connectivity index (χ0n) is 26.1. The van der Waals surface area contributed by atoms with E-state index in [4.69, 9.17) is 26.1 Å². The molecule has 9 nitrogen and oxygen atoms in total. The van der Waals surface area contributed by atoms with Crippen molar-refractivity contribution in [2.75, 3.05) is 51.3 Å². The lowest BCUT2D eigenvalue weighted by atomic mass is 9.94. The Kier molecular flexibility index (Phi) is 8.13. The van der Waals surface area contributed by atoms with Gasteiger partial charge in [-0.15, -0.1) is 6.42 Å². The molecule has 240 valence electrons. The van der Waals surface area contributed by atoms with Crippen LogP contribution in [0.1, 0.15) is 49.8 Å². The molecule has 0 spiro atoms. The largest absolute Gasteiger partial charge is 0.508 e. The summed E-state index contributed by atoms with van der Waals surface area (Å²) in [7, 11) is 1.50. The molecule has 2 aromatic heterocycles. The van der Waals surface area contributed by atoms with Crippen LogP contribution in [0.2, 0.25) is 0 Å². The van der Waals surface area contributed by atoms with Crippen LogP contribution >= 0.6 is 0 Å². The number of benzene rings is 2. The van der Waals surface area contributed by atoms with Crippen molar-refractivity contribution in [1.29, 1.82) is 0 Å². The summed E-state index contributed by atoms with van der Waals surface area (Å²) < 4.78 is 38.3. The lowest BCUT2D eigenvalue weighted by Gasteiger charge is -2.39. The fourth-order valence-electron chi connectivity index (χ4n) is 8.05. The number of nitrogens with one attached hydrogen (secondary N) is 1. The Labute approximate surface area is 267 Å². The molecule has 8 rings (SSSR count). The van der Waals surface area contributed by atoms with Crippen LogP contribution in [0.5, 0.6) is 11.8 Å². The molecule has 4 N–H and O–H groups in total. The van der Waals surface area contributed by atoms with Gasteiger partial charge in [-0.05, 0) is 88.7 Å². The Morgan fingerprint density at radius 3 is 2.67 bits per heavy atom. The monoisotopic (exact) mass is 627 g/mol. The highest BCUT2D eigenvalue weighted by Crippen LogP contribution is 2.42. The van der Waals surface area contributed by atoms with E-state index < -0.39 is 11.6 Å². The van der Waals surface area contributed by atoms with Gasteiger partial charge in [-0.3, -0.25) is 4.90 Å². The van der Waals surface area contributed by atoms with Gasteiger partial charge in [0.2, 0.25) is 0 Å². The molecule has 2 aromatic carbocycles. The molecule has 6 heterocycles. The first-order valence-electron chi connectivity index (χ1n) is 16.2. The lowest BCUT2D eigenvalue weighted by Crippen LogP contribution is -2.52. The quantitative estimate of drug-likeness (QED) is 0.282. The van der Waals surface area contributed by atoms with Crippen LogP contribution in [0.25, 0.3) is 32.9 Å². The van der Waals surface area contributed by atoms with Gasteiger partial charge in [0.25, 0.3) is 0 Å². The number of nitrogens with two attached hydrogens (primary N) is 1. The number of hydrogen-bond donors (Lipinski definition) is 3. The molecule has 3 saturated heterocycles. The standard InChI is InChI=1S/C34H34F2N6O2.CH5N/c1-2-23-25(35)9-8-20-16-22(43)17-24(27(20)23)30-29(36)31-28-26(38-30)7-3-6-21-18-37-12-15-42(21)32(28)40-33(39-31)44-19-34-10-4-13-41(34)14-5-11-34;1-2/h1,8-9,16-17,21,37,43H,3-7,10-15,18-19H2;2H2,1H3. The minimum Gasteiger partial charge on any atom is -0.508 e. The maximum Gasteiger partial charge on any atom is 0.319 e. The molecule has 1 atom stereocenters. The zero-order chi connectivity index (χ0) is 32.0. The number of aromatic nitrogens is 3. The minimum atomic E-state index is -0.676. The second-order valence-electron chi connectivity index (χ2n) is 12.6. The van der Waals surface area contributed by atoms with Crippen molar-refractivity contribution in [2.45, 2.75) is 56.5 Å². The first kappa shape index (κ1) is 30.5. The van der Waals surface area contributed by atoms with Gasteiger partial charge in [0.15, 0.2) is 5.82 Å². The number of aryl methyl sites for hydroxylation is 1. The fourth-order valence-corrected chi connectivity index (χ4v) is 8.05. The first-order valence-corrected chi connectivity index (χ1v) is 16.2. The number of terminal acetylenes is 1. The number of anilines is 1. The molecular weight excluding hydrogens is 588 g/mol. The second kappa shape index (κ2) is 12.2. The van der Waals surface area contributed by atoms with Gasteiger partial charge < -0.3 is 25.8 Å². The molecule has 4 aliphatic rings. The summed E-state index contributed by atoms with van der Waals surface area (Å²) in [6.45, 7) is 4.92. The highest BCUT2D eigenvalue weighted by molar-refractivity contribution is 6.03. The molecule has 11 heteroatoms. The number of phenolic OH excluding ortho intramolecular Hbond substituents is 1. The van der Waals surface area contributed by atoms with E-state index >= 15 is 4.39 Å². The van der Waals surface area contributed by atoms with Crippen molar-refractivity contribution in [2.24, 2.45) is 5.73 Å². The average Bonchev–Trinajstić information content (AvgIpc) is 3.65. The van der Waals surface area contributed by atoms with Crippen molar-refractivity contribution >= 4 is 27.5 Å². The Bertz CT molecular complexity index is 1850. The van der Waals surface area contributed by atoms with Crippen LogP contribution in [0.4, 0.5) is 14.6 Å². The van der Waals surface area contributed by atoms with Crippen molar-refractivity contribution in [1.82, 2.24) is 25.2 Å². The minimum absolute atomic E-state index is 0.00513. The van der Waals surface area contributed by atoms with Crippen LogP contribution in [-0.2, 0) is 6.42 Å². The third-order valence-corrected chi connectivity index (χ3v) is 10.1. The van der Waals surface area contributed by atoms with Crippen molar-refractivity contribution in [3.05, 3.63) is 47.2 Å². The van der Waals surface area contributed by atoms with Crippen LogP contribution < -0.4 is 20.7 Å². The molecule has 0 aliphatic carbocycles. The molecular formula is C35H39F2N7O2. The number of pyridine rings is 1. The molecule has 0 radical (unpaired) electrons. The summed E-state index contributed by atoms with van der Waals surface area (Å²) >= 11 is 0. The molecule has 0 saturated carbocycles. The van der Waals surface area contributed by atoms with Crippen LogP contribution in [0, 0.1) is 24.0 Å². The predicted octanol–water partition coefficient (Wildman–Crippen LogP) is 4.51. The van der Waals surface area contributed by atoms with E-state index in [1.807, 2.05) is 0 Å². The number of halogens is 2. The summed E-state index contributed by atoms with van der Waals surface area (Å²) in [5.74, 6) is 1.70. The van der Waals surface area contributed by atoms with Crippen LogP contribution in [-0.4, -0.2) is 82.9 Å². The molecule has 0 amide bonds. The summed E-state index contributed by atoms with van der Waals surface area (Å²) in [6.07, 6.45) is 12.5. The first-order chi connectivity index (χ1) is 22.5. The third kappa shape index (κ3) is 5.00. The van der Waals surface area contributed by atoms with Gasteiger partial charge in [0.05, 0.1) is 22.2 Å². The van der Waals surface area contributed by atoms with E-state index in [1.54, 1.807) is 0 Å². The molecule has 1 unspecified atom stereocenters. The summed E-state index contributed by atoms with van der Waals surface area (Å²) in [4.78, 5) is 19.3. The van der Waals surface area contributed by atoms with E-state index in [-0.39, 0.29) is 45.7 Å². The Hall–Kier alpha value is -4.11. The average molecular weight is 628 g/mol. The van der Waals surface area contributed by atoms with E-state index in [2.05, 4.69) is 26.8 Å². The van der Waals surface area contributed by atoms with Crippen LogP contribution in [0.15, 0.2) is 24.3 Å². The highest BCUT2D eigenvalue weighted by Gasteiger charge is 2.45. The normalized spacial score (nSPS) is 20.3. The van der Waals surface area contributed by atoms with E-state index in [1.165, 1.54) is 31.3 Å². The number of ether oxygens (including phenoxy) is 1. The summed E-state index contributed by atoms with van der Waals surface area (Å²) in [5.41, 5.74) is 5.45. The topological polar surface area (TPSA) is 113 Å². The number of aromatic hydroxyl groups is 1. The number of phenols is 1. The van der Waals surface area contributed by atoms with Crippen molar-refractivity contribution in [3.63, 3.8) is 0 Å². The van der Waals surface area contributed by atoms with E-state index in [9.17, 15) is 9.50 Å². The maximum atomic E-state index is 17.0. The molecule has 46 heavy (non-hydrogen) atoms. The van der Waals surface area contributed by atoms with Gasteiger partial charge in [-0.2, -0.15) is 9.97 Å². The smallest absolute Gasteiger partial charge is 0.319 e. The molecule has 0 bridgehead atoms. The second-order valence-corrected chi connectivity index (χ2v) is 12.6. The maximum absolute atomic E-state index is 17.0. The van der Waals surface area contributed by atoms with Crippen LogP contribution in [0.3, 0.4) is 0 Å². The van der Waals surface area contributed by atoms with E-state index in [0.717, 1.165) is 71.2 Å². The van der Waals surface area contributed by atoms with Gasteiger partial charge in [0, 0.05) is 36.6 Å². The molecule has 4 aromatic rings. The van der Waals surface area contributed by atoms with Gasteiger partial charge in [0.1, 0.15) is 35.2 Å². The fraction of sp³-hybridized carbons (Fsp3) is 0.457. The summed E-state index contributed by atoms with van der Waals surface area (Å²) in [6, 6.07) is 6.03. The zero-order valence-corrected chi connectivity index (χ0v) is 26.1. The Balaban J connectivity index is 0.00000166. The molecule has 3 fully saturated rings. The number of piperazine rings is 1. The third-order valence-electron chi connectivity index (χ3n) is 10.1.